The zero-order valence-corrected chi connectivity index (χ0v) is 11.7. The molecule has 0 aliphatic heterocycles. The predicted molar refractivity (Wildman–Crippen MR) is 75.8 cm³/mol. The molecular formula is C14H21ClN2O. The van der Waals surface area contributed by atoms with Gasteiger partial charge in [-0.3, -0.25) is 4.79 Å². The van der Waals surface area contributed by atoms with Crippen molar-refractivity contribution in [1.29, 1.82) is 0 Å². The lowest BCUT2D eigenvalue weighted by Crippen LogP contribution is -2.43. The van der Waals surface area contributed by atoms with Crippen molar-refractivity contribution in [3.8, 4) is 0 Å². The number of fused-ring (bicyclic) bond motifs is 1. The highest BCUT2D eigenvalue weighted by Gasteiger charge is 2.25. The van der Waals surface area contributed by atoms with Gasteiger partial charge in [-0.2, -0.15) is 0 Å². The second-order valence-corrected chi connectivity index (χ2v) is 5.03. The summed E-state index contributed by atoms with van der Waals surface area (Å²) in [6, 6.07) is 8.51. The van der Waals surface area contributed by atoms with Gasteiger partial charge in [-0.05, 0) is 30.9 Å². The number of halogens is 1. The average molecular weight is 269 g/mol. The molecule has 0 fully saturated rings. The first-order valence-corrected chi connectivity index (χ1v) is 6.20. The minimum atomic E-state index is -0.126. The third-order valence-corrected chi connectivity index (χ3v) is 3.60. The van der Waals surface area contributed by atoms with Gasteiger partial charge in [-0.15, -0.1) is 12.4 Å². The van der Waals surface area contributed by atoms with Crippen LogP contribution in [0.25, 0.3) is 0 Å². The summed E-state index contributed by atoms with van der Waals surface area (Å²) in [7, 11) is 0. The van der Waals surface area contributed by atoms with Crippen LogP contribution in [0.3, 0.4) is 0 Å². The molecule has 1 amide bonds. The van der Waals surface area contributed by atoms with E-state index in [-0.39, 0.29) is 36.3 Å². The van der Waals surface area contributed by atoms with E-state index in [0.29, 0.717) is 0 Å². The summed E-state index contributed by atoms with van der Waals surface area (Å²) >= 11 is 0. The standard InChI is InChI=1S/C14H20N2O.ClH/c1-9(10(2)15)14(17)16-13-7-11-5-3-4-6-12(11)8-13;/h3-6,9-10,13H,7-8,15H2,1-2H3,(H,16,17);1H. The lowest BCUT2D eigenvalue weighted by Gasteiger charge is -2.18. The van der Waals surface area contributed by atoms with E-state index in [9.17, 15) is 4.79 Å². The Hall–Kier alpha value is -1.06. The Bertz CT molecular complexity index is 395. The van der Waals surface area contributed by atoms with Crippen LogP contribution in [0.15, 0.2) is 24.3 Å². The minimum absolute atomic E-state index is 0. The van der Waals surface area contributed by atoms with Gasteiger partial charge in [0.2, 0.25) is 5.91 Å². The fourth-order valence-corrected chi connectivity index (χ4v) is 2.23. The van der Waals surface area contributed by atoms with Crippen LogP contribution in [0.5, 0.6) is 0 Å². The van der Waals surface area contributed by atoms with Gasteiger partial charge in [0.25, 0.3) is 0 Å². The molecule has 0 saturated heterocycles. The van der Waals surface area contributed by atoms with E-state index < -0.39 is 0 Å². The SMILES string of the molecule is CC(N)C(C)C(=O)NC1Cc2ccccc2C1.Cl. The van der Waals surface area contributed by atoms with E-state index in [0.717, 1.165) is 12.8 Å². The van der Waals surface area contributed by atoms with E-state index in [2.05, 4.69) is 17.4 Å². The zero-order chi connectivity index (χ0) is 12.4. The molecule has 18 heavy (non-hydrogen) atoms. The molecule has 3 N–H and O–H groups in total. The van der Waals surface area contributed by atoms with Crippen LogP contribution in [-0.2, 0) is 17.6 Å². The Kier molecular flexibility index (Phi) is 5.17. The summed E-state index contributed by atoms with van der Waals surface area (Å²) in [6.45, 7) is 3.75. The maximum absolute atomic E-state index is 11.9. The summed E-state index contributed by atoms with van der Waals surface area (Å²) in [4.78, 5) is 11.9. The van der Waals surface area contributed by atoms with Crippen LogP contribution in [0.1, 0.15) is 25.0 Å². The van der Waals surface area contributed by atoms with Crippen LogP contribution < -0.4 is 11.1 Å². The highest BCUT2D eigenvalue weighted by atomic mass is 35.5. The smallest absolute Gasteiger partial charge is 0.224 e. The molecule has 1 aliphatic rings. The molecule has 4 heteroatoms. The van der Waals surface area contributed by atoms with E-state index in [1.165, 1.54) is 11.1 Å². The van der Waals surface area contributed by atoms with Crippen LogP contribution in [-0.4, -0.2) is 18.0 Å². The molecular weight excluding hydrogens is 248 g/mol. The number of nitrogens with two attached hydrogens (primary N) is 1. The largest absolute Gasteiger partial charge is 0.352 e. The molecule has 0 aromatic heterocycles. The lowest BCUT2D eigenvalue weighted by atomic mass is 10.0. The molecule has 0 saturated carbocycles. The molecule has 1 aromatic rings. The predicted octanol–water partition coefficient (Wildman–Crippen LogP) is 1.68. The van der Waals surface area contributed by atoms with E-state index in [1.807, 2.05) is 26.0 Å². The first-order chi connectivity index (χ1) is 8.08. The minimum Gasteiger partial charge on any atom is -0.352 e. The normalized spacial score (nSPS) is 17.5. The second kappa shape index (κ2) is 6.21. The molecule has 2 atom stereocenters. The highest BCUT2D eigenvalue weighted by molar-refractivity contribution is 5.85. The molecule has 3 nitrogen and oxygen atoms in total. The first-order valence-electron chi connectivity index (χ1n) is 6.20. The Labute approximate surface area is 115 Å². The number of nitrogens with one attached hydrogen (secondary N) is 1. The molecule has 1 aliphatic carbocycles. The van der Waals surface area contributed by atoms with Gasteiger partial charge in [0.1, 0.15) is 0 Å². The van der Waals surface area contributed by atoms with E-state index in [1.54, 1.807) is 0 Å². The second-order valence-electron chi connectivity index (χ2n) is 5.03. The fourth-order valence-electron chi connectivity index (χ4n) is 2.23. The lowest BCUT2D eigenvalue weighted by molar-refractivity contribution is -0.125. The zero-order valence-electron chi connectivity index (χ0n) is 10.8. The number of amides is 1. The molecule has 2 rings (SSSR count). The van der Waals surface area contributed by atoms with E-state index >= 15 is 0 Å². The van der Waals surface area contributed by atoms with Gasteiger partial charge in [0.15, 0.2) is 0 Å². The molecule has 2 unspecified atom stereocenters. The number of rotatable bonds is 3. The number of carbonyl (C=O) groups excluding carboxylic acids is 1. The monoisotopic (exact) mass is 268 g/mol. The molecule has 1 aromatic carbocycles. The molecule has 0 heterocycles. The molecule has 100 valence electrons. The van der Waals surface area contributed by atoms with Gasteiger partial charge >= 0.3 is 0 Å². The molecule has 0 bridgehead atoms. The Morgan fingerprint density at radius 3 is 2.22 bits per heavy atom. The third-order valence-electron chi connectivity index (χ3n) is 3.60. The van der Waals surface area contributed by atoms with Crippen molar-refractivity contribution in [3.63, 3.8) is 0 Å². The maximum Gasteiger partial charge on any atom is 0.224 e. The summed E-state index contributed by atoms with van der Waals surface area (Å²) in [5.74, 6) is -0.0588. The third kappa shape index (κ3) is 3.24. The summed E-state index contributed by atoms with van der Waals surface area (Å²) in [5, 5.41) is 3.09. The van der Waals surface area contributed by atoms with Crippen molar-refractivity contribution < 1.29 is 4.79 Å². The van der Waals surface area contributed by atoms with E-state index in [4.69, 9.17) is 5.73 Å². The van der Waals surface area contributed by atoms with Gasteiger partial charge in [-0.1, -0.05) is 31.2 Å². The van der Waals surface area contributed by atoms with Gasteiger partial charge in [0, 0.05) is 18.0 Å². The van der Waals surface area contributed by atoms with Crippen molar-refractivity contribution >= 4 is 18.3 Å². The Morgan fingerprint density at radius 1 is 1.28 bits per heavy atom. The molecule has 0 radical (unpaired) electrons. The van der Waals surface area contributed by atoms with Crippen molar-refractivity contribution in [3.05, 3.63) is 35.4 Å². The van der Waals surface area contributed by atoms with Crippen molar-refractivity contribution in [2.45, 2.75) is 38.8 Å². The van der Waals surface area contributed by atoms with Crippen molar-refractivity contribution in [2.75, 3.05) is 0 Å². The number of benzene rings is 1. The Balaban J connectivity index is 0.00000162. The van der Waals surface area contributed by atoms with Crippen LogP contribution in [0, 0.1) is 5.92 Å². The van der Waals surface area contributed by atoms with Gasteiger partial charge in [-0.25, -0.2) is 0 Å². The highest BCUT2D eigenvalue weighted by Crippen LogP contribution is 2.21. The maximum atomic E-state index is 11.9. The number of hydrogen-bond acceptors (Lipinski definition) is 2. The van der Waals surface area contributed by atoms with Crippen molar-refractivity contribution in [1.82, 2.24) is 5.32 Å². The summed E-state index contributed by atoms with van der Waals surface area (Å²) in [6.07, 6.45) is 1.88. The van der Waals surface area contributed by atoms with Gasteiger partial charge in [0.05, 0.1) is 0 Å². The topological polar surface area (TPSA) is 55.1 Å². The number of hydrogen-bond donors (Lipinski definition) is 2. The molecule has 0 spiro atoms. The quantitative estimate of drug-likeness (QED) is 0.876. The van der Waals surface area contributed by atoms with Crippen LogP contribution in [0.4, 0.5) is 0 Å². The van der Waals surface area contributed by atoms with Gasteiger partial charge < -0.3 is 11.1 Å². The first kappa shape index (κ1) is 15.0. The van der Waals surface area contributed by atoms with Crippen molar-refractivity contribution in [2.24, 2.45) is 11.7 Å². The van der Waals surface area contributed by atoms with Crippen LogP contribution >= 0.6 is 12.4 Å². The Morgan fingerprint density at radius 2 is 1.78 bits per heavy atom. The average Bonchev–Trinajstić information content (AvgIpc) is 2.69. The summed E-state index contributed by atoms with van der Waals surface area (Å²) in [5.41, 5.74) is 8.44. The summed E-state index contributed by atoms with van der Waals surface area (Å²) < 4.78 is 0. The fraction of sp³-hybridized carbons (Fsp3) is 0.500. The van der Waals surface area contributed by atoms with Crippen LogP contribution in [0.2, 0.25) is 0 Å². The number of carbonyl (C=O) groups is 1.